The van der Waals surface area contributed by atoms with Gasteiger partial charge in [-0.25, -0.2) is 8.78 Å². The molecule has 1 aromatic heterocycles. The van der Waals surface area contributed by atoms with Crippen LogP contribution in [0.1, 0.15) is 22.5 Å². The number of halogens is 2. The smallest absolute Gasteiger partial charge is 0.172 e. The molecule has 19 heavy (non-hydrogen) atoms. The zero-order valence-corrected chi connectivity index (χ0v) is 11.7. The van der Waals surface area contributed by atoms with Crippen molar-refractivity contribution in [1.29, 1.82) is 0 Å². The molecule has 0 aliphatic rings. The van der Waals surface area contributed by atoms with Crippen molar-refractivity contribution in [2.75, 3.05) is 5.75 Å². The van der Waals surface area contributed by atoms with Crippen LogP contribution in [0.5, 0.6) is 0 Å². The molecule has 0 amide bonds. The van der Waals surface area contributed by atoms with Gasteiger partial charge in [0.05, 0.1) is 4.88 Å². The number of thiophene rings is 1. The zero-order chi connectivity index (χ0) is 13.7. The topological polar surface area (TPSA) is 17.1 Å². The van der Waals surface area contributed by atoms with E-state index in [9.17, 15) is 13.6 Å². The molecule has 100 valence electrons. The molecule has 0 fully saturated rings. The molecule has 0 atom stereocenters. The van der Waals surface area contributed by atoms with Crippen molar-refractivity contribution in [2.45, 2.75) is 17.7 Å². The second-order valence-electron chi connectivity index (χ2n) is 3.93. The zero-order valence-electron chi connectivity index (χ0n) is 10.1. The van der Waals surface area contributed by atoms with Crippen molar-refractivity contribution >= 4 is 28.9 Å². The third-order valence-electron chi connectivity index (χ3n) is 2.49. The molecule has 1 aromatic carbocycles. The van der Waals surface area contributed by atoms with E-state index in [1.54, 1.807) is 6.07 Å². The summed E-state index contributed by atoms with van der Waals surface area (Å²) in [4.78, 5) is 12.8. The van der Waals surface area contributed by atoms with Crippen LogP contribution in [0.25, 0.3) is 0 Å². The first kappa shape index (κ1) is 14.2. The predicted molar refractivity (Wildman–Crippen MR) is 75.0 cm³/mol. The molecule has 1 nitrogen and oxygen atoms in total. The molecule has 0 aliphatic carbocycles. The minimum absolute atomic E-state index is 0.107. The summed E-state index contributed by atoms with van der Waals surface area (Å²) in [5.41, 5.74) is 0. The van der Waals surface area contributed by atoms with Gasteiger partial charge in [0.2, 0.25) is 0 Å². The van der Waals surface area contributed by atoms with Crippen molar-refractivity contribution in [3.05, 3.63) is 52.2 Å². The molecule has 0 unspecified atom stereocenters. The van der Waals surface area contributed by atoms with Crippen molar-refractivity contribution in [2.24, 2.45) is 0 Å². The number of Topliss-reactive ketones (excluding diaryl/α,β-unsaturated/α-hetero) is 1. The van der Waals surface area contributed by atoms with Crippen LogP contribution in [0.3, 0.4) is 0 Å². The lowest BCUT2D eigenvalue weighted by atomic mass is 10.2. The van der Waals surface area contributed by atoms with Crippen LogP contribution in [0, 0.1) is 11.6 Å². The Bertz CT molecular complexity index is 553. The minimum Gasteiger partial charge on any atom is -0.293 e. The maximum absolute atomic E-state index is 13.3. The number of hydrogen-bond acceptors (Lipinski definition) is 3. The van der Waals surface area contributed by atoms with Gasteiger partial charge in [-0.05, 0) is 41.8 Å². The Labute approximate surface area is 118 Å². The summed E-state index contributed by atoms with van der Waals surface area (Å²) in [7, 11) is 0. The Morgan fingerprint density at radius 1 is 1.26 bits per heavy atom. The highest BCUT2D eigenvalue weighted by atomic mass is 32.2. The second-order valence-corrected chi connectivity index (χ2v) is 6.01. The average molecular weight is 298 g/mol. The summed E-state index contributed by atoms with van der Waals surface area (Å²) in [5.74, 6) is -0.165. The molecular formula is C14H12F2OS2. The Morgan fingerprint density at radius 2 is 2.11 bits per heavy atom. The van der Waals surface area contributed by atoms with Crippen LogP contribution in [0.4, 0.5) is 8.78 Å². The van der Waals surface area contributed by atoms with E-state index in [0.717, 1.165) is 17.0 Å². The summed E-state index contributed by atoms with van der Waals surface area (Å²) in [6.45, 7) is 0. The summed E-state index contributed by atoms with van der Waals surface area (Å²) >= 11 is 2.66. The number of hydrogen-bond donors (Lipinski definition) is 0. The van der Waals surface area contributed by atoms with Crippen LogP contribution in [-0.4, -0.2) is 11.5 Å². The molecule has 0 saturated heterocycles. The molecule has 2 aromatic rings. The SMILES string of the molecule is O=C(CCCSc1cc(F)ccc1F)c1cccs1. The maximum Gasteiger partial charge on any atom is 0.172 e. The highest BCUT2D eigenvalue weighted by molar-refractivity contribution is 7.99. The maximum atomic E-state index is 13.3. The van der Waals surface area contributed by atoms with Crippen LogP contribution in [0.15, 0.2) is 40.6 Å². The van der Waals surface area contributed by atoms with Gasteiger partial charge < -0.3 is 0 Å². The van der Waals surface area contributed by atoms with Gasteiger partial charge in [0, 0.05) is 11.3 Å². The van der Waals surface area contributed by atoms with Crippen LogP contribution < -0.4 is 0 Å². The lowest BCUT2D eigenvalue weighted by molar-refractivity contribution is 0.0986. The first-order valence-corrected chi connectivity index (χ1v) is 7.68. The van der Waals surface area contributed by atoms with Gasteiger partial charge in [0.1, 0.15) is 11.6 Å². The quantitative estimate of drug-likeness (QED) is 0.433. The molecule has 0 spiro atoms. The first-order chi connectivity index (χ1) is 9.16. The van der Waals surface area contributed by atoms with E-state index in [1.165, 1.54) is 29.2 Å². The third kappa shape index (κ3) is 4.14. The average Bonchev–Trinajstić information content (AvgIpc) is 2.92. The van der Waals surface area contributed by atoms with Gasteiger partial charge in [-0.2, -0.15) is 0 Å². The van der Waals surface area contributed by atoms with Crippen molar-refractivity contribution in [3.63, 3.8) is 0 Å². The van der Waals surface area contributed by atoms with Gasteiger partial charge in [-0.1, -0.05) is 6.07 Å². The van der Waals surface area contributed by atoms with E-state index < -0.39 is 11.6 Å². The molecule has 0 bridgehead atoms. The molecule has 0 N–H and O–H groups in total. The monoisotopic (exact) mass is 298 g/mol. The summed E-state index contributed by atoms with van der Waals surface area (Å²) in [6.07, 6.45) is 1.09. The van der Waals surface area contributed by atoms with Crippen LogP contribution in [-0.2, 0) is 0 Å². The summed E-state index contributed by atoms with van der Waals surface area (Å²) in [6, 6.07) is 7.04. The lowest BCUT2D eigenvalue weighted by Crippen LogP contribution is -1.96. The Kier molecular flexibility index (Phi) is 5.10. The number of thioether (sulfide) groups is 1. The molecular weight excluding hydrogens is 286 g/mol. The Balaban J connectivity index is 1.78. The summed E-state index contributed by atoms with van der Waals surface area (Å²) < 4.78 is 26.3. The van der Waals surface area contributed by atoms with E-state index in [2.05, 4.69) is 0 Å². The molecule has 0 saturated carbocycles. The fourth-order valence-corrected chi connectivity index (χ4v) is 3.17. The predicted octanol–water partition coefficient (Wildman–Crippen LogP) is 4.78. The number of carbonyl (C=O) groups is 1. The summed E-state index contributed by atoms with van der Waals surface area (Å²) in [5, 5.41) is 1.87. The number of benzene rings is 1. The fraction of sp³-hybridized carbons (Fsp3) is 0.214. The number of ketones is 1. The van der Waals surface area contributed by atoms with Crippen LogP contribution in [0.2, 0.25) is 0 Å². The molecule has 0 radical (unpaired) electrons. The van der Waals surface area contributed by atoms with Crippen molar-refractivity contribution < 1.29 is 13.6 Å². The normalized spacial score (nSPS) is 10.6. The van der Waals surface area contributed by atoms with Gasteiger partial charge in [-0.3, -0.25) is 4.79 Å². The fourth-order valence-electron chi connectivity index (χ4n) is 1.56. The molecule has 5 heteroatoms. The Hall–Kier alpha value is -1.20. The highest BCUT2D eigenvalue weighted by Crippen LogP contribution is 2.24. The van der Waals surface area contributed by atoms with E-state index in [-0.39, 0.29) is 5.78 Å². The van der Waals surface area contributed by atoms with Crippen molar-refractivity contribution in [1.82, 2.24) is 0 Å². The van der Waals surface area contributed by atoms with E-state index in [4.69, 9.17) is 0 Å². The lowest BCUT2D eigenvalue weighted by Gasteiger charge is -2.03. The van der Waals surface area contributed by atoms with Crippen LogP contribution >= 0.6 is 23.1 Å². The standard InChI is InChI=1S/C14H12F2OS2/c15-10-5-6-11(16)14(9-10)19-7-1-3-12(17)13-4-2-8-18-13/h2,4-6,8-9H,1,3,7H2. The number of carbonyl (C=O) groups excluding carboxylic acids is 1. The highest BCUT2D eigenvalue weighted by Gasteiger charge is 2.08. The number of rotatable bonds is 6. The third-order valence-corrected chi connectivity index (χ3v) is 4.52. The van der Waals surface area contributed by atoms with Gasteiger partial charge >= 0.3 is 0 Å². The molecule has 1 heterocycles. The largest absolute Gasteiger partial charge is 0.293 e. The van der Waals surface area contributed by atoms with Gasteiger partial charge in [-0.15, -0.1) is 23.1 Å². The first-order valence-electron chi connectivity index (χ1n) is 5.81. The van der Waals surface area contributed by atoms with Gasteiger partial charge in [0.25, 0.3) is 0 Å². The second kappa shape index (κ2) is 6.82. The minimum atomic E-state index is -0.446. The molecule has 0 aliphatic heterocycles. The van der Waals surface area contributed by atoms with E-state index in [1.807, 2.05) is 11.4 Å². The molecule has 2 rings (SSSR count). The van der Waals surface area contributed by atoms with E-state index >= 15 is 0 Å². The Morgan fingerprint density at radius 3 is 2.84 bits per heavy atom. The van der Waals surface area contributed by atoms with Gasteiger partial charge in [0.15, 0.2) is 5.78 Å². The van der Waals surface area contributed by atoms with E-state index in [0.29, 0.717) is 23.5 Å². The van der Waals surface area contributed by atoms with Crippen molar-refractivity contribution in [3.8, 4) is 0 Å².